The number of aliphatic imine (C=N–C) groups is 1. The molecule has 2 N–H and O–H groups in total. The zero-order valence-corrected chi connectivity index (χ0v) is 11.9. The summed E-state index contributed by atoms with van der Waals surface area (Å²) in [6, 6.07) is 12.3. The molecule has 0 radical (unpaired) electrons. The van der Waals surface area contributed by atoms with Gasteiger partial charge in [-0.1, -0.05) is 0 Å². The largest absolute Gasteiger partial charge is 0.493 e. The number of nitrogens with zero attached hydrogens (tertiary/aromatic N) is 1. The Labute approximate surface area is 123 Å². The summed E-state index contributed by atoms with van der Waals surface area (Å²) in [7, 11) is 3.17. The van der Waals surface area contributed by atoms with Gasteiger partial charge in [-0.25, -0.2) is 0 Å². The lowest BCUT2D eigenvalue weighted by Crippen LogP contribution is -2.10. The van der Waals surface area contributed by atoms with Crippen LogP contribution >= 0.6 is 0 Å². The molecular formula is C16H16N2O3. The van der Waals surface area contributed by atoms with Crippen molar-refractivity contribution in [1.29, 1.82) is 0 Å². The minimum absolute atomic E-state index is 0.453. The minimum atomic E-state index is -0.453. The molecule has 0 heterocycles. The molecule has 21 heavy (non-hydrogen) atoms. The zero-order chi connectivity index (χ0) is 15.2. The van der Waals surface area contributed by atoms with Crippen molar-refractivity contribution in [2.45, 2.75) is 0 Å². The van der Waals surface area contributed by atoms with Crippen molar-refractivity contribution in [3.63, 3.8) is 0 Å². The van der Waals surface area contributed by atoms with Gasteiger partial charge in [-0.2, -0.15) is 0 Å². The second-order valence-corrected chi connectivity index (χ2v) is 4.28. The highest BCUT2D eigenvalue weighted by Gasteiger charge is 2.03. The number of benzene rings is 2. The van der Waals surface area contributed by atoms with Crippen LogP contribution in [0.5, 0.6) is 11.5 Å². The molecule has 108 valence electrons. The molecule has 0 unspecified atom stereocenters. The summed E-state index contributed by atoms with van der Waals surface area (Å²) in [5.74, 6) is 0.858. The van der Waals surface area contributed by atoms with E-state index in [9.17, 15) is 4.79 Å². The van der Waals surface area contributed by atoms with Gasteiger partial charge in [-0.15, -0.1) is 0 Å². The number of carbonyl (C=O) groups excluding carboxylic acids is 1. The molecule has 2 aromatic rings. The second kappa shape index (κ2) is 6.56. The predicted molar refractivity (Wildman–Crippen MR) is 81.8 cm³/mol. The molecule has 0 aliphatic heterocycles. The third-order valence-electron chi connectivity index (χ3n) is 2.92. The number of nitrogens with two attached hydrogens (primary N) is 1. The lowest BCUT2D eigenvalue weighted by atomic mass is 10.2. The molecule has 0 saturated carbocycles. The van der Waals surface area contributed by atoms with E-state index >= 15 is 0 Å². The Morgan fingerprint density at radius 3 is 2.29 bits per heavy atom. The molecule has 0 atom stereocenters. The maximum Gasteiger partial charge on any atom is 0.248 e. The number of hydrogen-bond donors (Lipinski definition) is 1. The summed E-state index contributed by atoms with van der Waals surface area (Å²) in [5.41, 5.74) is 7.26. The molecular weight excluding hydrogens is 268 g/mol. The molecule has 0 spiro atoms. The SMILES string of the molecule is COc1ccc(C=Nc2ccc(C(N)=O)cc2)cc1OC. The van der Waals surface area contributed by atoms with Gasteiger partial charge in [-0.3, -0.25) is 9.79 Å². The minimum Gasteiger partial charge on any atom is -0.493 e. The van der Waals surface area contributed by atoms with Crippen LogP contribution in [0.3, 0.4) is 0 Å². The van der Waals surface area contributed by atoms with Gasteiger partial charge in [0, 0.05) is 11.8 Å². The summed E-state index contributed by atoms with van der Waals surface area (Å²) in [6.07, 6.45) is 1.71. The van der Waals surface area contributed by atoms with Crippen molar-refractivity contribution in [3.05, 3.63) is 53.6 Å². The summed E-state index contributed by atoms with van der Waals surface area (Å²) in [6.45, 7) is 0. The maximum absolute atomic E-state index is 11.0. The van der Waals surface area contributed by atoms with Crippen molar-refractivity contribution in [2.24, 2.45) is 10.7 Å². The van der Waals surface area contributed by atoms with Gasteiger partial charge in [0.1, 0.15) is 0 Å². The summed E-state index contributed by atoms with van der Waals surface area (Å²) in [5, 5.41) is 0. The van der Waals surface area contributed by atoms with Gasteiger partial charge < -0.3 is 15.2 Å². The van der Waals surface area contributed by atoms with Crippen LogP contribution in [0.15, 0.2) is 47.5 Å². The molecule has 0 fully saturated rings. The molecule has 5 nitrogen and oxygen atoms in total. The first kappa shape index (κ1) is 14.6. The molecule has 2 aromatic carbocycles. The fourth-order valence-corrected chi connectivity index (χ4v) is 1.79. The number of carbonyl (C=O) groups is 1. The zero-order valence-electron chi connectivity index (χ0n) is 11.9. The van der Waals surface area contributed by atoms with E-state index in [-0.39, 0.29) is 0 Å². The topological polar surface area (TPSA) is 73.9 Å². The first-order valence-electron chi connectivity index (χ1n) is 6.30. The van der Waals surface area contributed by atoms with Gasteiger partial charge in [0.15, 0.2) is 11.5 Å². The smallest absolute Gasteiger partial charge is 0.248 e. The molecule has 0 aromatic heterocycles. The lowest BCUT2D eigenvalue weighted by molar-refractivity contribution is 0.100. The van der Waals surface area contributed by atoms with Crippen LogP contribution in [0.4, 0.5) is 5.69 Å². The number of amides is 1. The number of hydrogen-bond acceptors (Lipinski definition) is 4. The third-order valence-corrected chi connectivity index (χ3v) is 2.92. The Balaban J connectivity index is 2.18. The third kappa shape index (κ3) is 3.60. The highest BCUT2D eigenvalue weighted by atomic mass is 16.5. The predicted octanol–water partition coefficient (Wildman–Crippen LogP) is 2.55. The molecule has 2 rings (SSSR count). The highest BCUT2D eigenvalue weighted by Crippen LogP contribution is 2.27. The number of methoxy groups -OCH3 is 2. The summed E-state index contributed by atoms with van der Waals surface area (Å²) >= 11 is 0. The van der Waals surface area contributed by atoms with E-state index in [0.29, 0.717) is 17.1 Å². The fraction of sp³-hybridized carbons (Fsp3) is 0.125. The van der Waals surface area contributed by atoms with E-state index in [0.717, 1.165) is 11.3 Å². The summed E-state index contributed by atoms with van der Waals surface area (Å²) < 4.78 is 10.4. The van der Waals surface area contributed by atoms with Crippen LogP contribution < -0.4 is 15.2 Å². The maximum atomic E-state index is 11.0. The second-order valence-electron chi connectivity index (χ2n) is 4.28. The van der Waals surface area contributed by atoms with E-state index in [2.05, 4.69) is 4.99 Å². The van der Waals surface area contributed by atoms with E-state index in [4.69, 9.17) is 15.2 Å². The number of rotatable bonds is 5. The number of ether oxygens (including phenoxy) is 2. The molecule has 1 amide bonds. The van der Waals surface area contributed by atoms with Gasteiger partial charge in [-0.05, 0) is 48.0 Å². The normalized spacial score (nSPS) is 10.6. The summed E-state index contributed by atoms with van der Waals surface area (Å²) in [4.78, 5) is 15.3. The van der Waals surface area contributed by atoms with Crippen LogP contribution in [0.2, 0.25) is 0 Å². The quantitative estimate of drug-likeness (QED) is 0.857. The first-order valence-corrected chi connectivity index (χ1v) is 6.30. The Bertz CT molecular complexity index is 664. The Morgan fingerprint density at radius 2 is 1.71 bits per heavy atom. The van der Waals surface area contributed by atoms with Crippen molar-refractivity contribution < 1.29 is 14.3 Å². The van der Waals surface area contributed by atoms with Gasteiger partial charge in [0.2, 0.25) is 5.91 Å². The van der Waals surface area contributed by atoms with Crippen LogP contribution in [-0.4, -0.2) is 26.3 Å². The van der Waals surface area contributed by atoms with E-state index < -0.39 is 5.91 Å². The Morgan fingerprint density at radius 1 is 1.05 bits per heavy atom. The molecule has 0 aliphatic carbocycles. The Kier molecular flexibility index (Phi) is 4.56. The lowest BCUT2D eigenvalue weighted by Gasteiger charge is -2.07. The van der Waals surface area contributed by atoms with E-state index in [1.807, 2.05) is 18.2 Å². The highest BCUT2D eigenvalue weighted by molar-refractivity contribution is 5.93. The van der Waals surface area contributed by atoms with Crippen LogP contribution in [0.25, 0.3) is 0 Å². The standard InChI is InChI=1S/C16H16N2O3/c1-20-14-8-3-11(9-15(14)21-2)10-18-13-6-4-12(5-7-13)16(17)19/h3-10H,1-2H3,(H2,17,19). The average molecular weight is 284 g/mol. The Hall–Kier alpha value is -2.82. The molecule has 0 bridgehead atoms. The van der Waals surface area contributed by atoms with Crippen molar-refractivity contribution in [1.82, 2.24) is 0 Å². The number of primary amides is 1. The van der Waals surface area contributed by atoms with E-state index in [1.54, 1.807) is 44.7 Å². The molecule has 5 heteroatoms. The molecule has 0 saturated heterocycles. The van der Waals surface area contributed by atoms with E-state index in [1.165, 1.54) is 0 Å². The fourth-order valence-electron chi connectivity index (χ4n) is 1.79. The van der Waals surface area contributed by atoms with Gasteiger partial charge >= 0.3 is 0 Å². The van der Waals surface area contributed by atoms with Crippen molar-refractivity contribution >= 4 is 17.8 Å². The van der Waals surface area contributed by atoms with Crippen LogP contribution in [-0.2, 0) is 0 Å². The average Bonchev–Trinajstić information content (AvgIpc) is 2.52. The van der Waals surface area contributed by atoms with Gasteiger partial charge in [0.25, 0.3) is 0 Å². The van der Waals surface area contributed by atoms with Crippen molar-refractivity contribution in [2.75, 3.05) is 14.2 Å². The van der Waals surface area contributed by atoms with Gasteiger partial charge in [0.05, 0.1) is 19.9 Å². The van der Waals surface area contributed by atoms with Crippen LogP contribution in [0, 0.1) is 0 Å². The first-order chi connectivity index (χ1) is 10.1. The van der Waals surface area contributed by atoms with Crippen molar-refractivity contribution in [3.8, 4) is 11.5 Å². The molecule has 0 aliphatic rings. The van der Waals surface area contributed by atoms with Crippen LogP contribution in [0.1, 0.15) is 15.9 Å². The monoisotopic (exact) mass is 284 g/mol.